The van der Waals surface area contributed by atoms with Gasteiger partial charge in [-0.2, -0.15) is 0 Å². The lowest BCUT2D eigenvalue weighted by Gasteiger charge is -2.19. The van der Waals surface area contributed by atoms with Crippen LogP contribution in [-0.2, 0) is 4.74 Å². The zero-order valence-electron chi connectivity index (χ0n) is 16.0. The predicted octanol–water partition coefficient (Wildman–Crippen LogP) is 5.54. The Balaban J connectivity index is 2.25. The quantitative estimate of drug-likeness (QED) is 0.568. The van der Waals surface area contributed by atoms with E-state index in [4.69, 9.17) is 9.47 Å². The second kappa shape index (κ2) is 6.72. The SMILES string of the molecule is COc1ccc(-c2c(C(=O)OC(C)(C)C)sc3nc(C)cc(C)c23)cc1. The van der Waals surface area contributed by atoms with E-state index < -0.39 is 5.60 Å². The largest absolute Gasteiger partial charge is 0.497 e. The normalized spacial score (nSPS) is 11.6. The molecule has 0 saturated heterocycles. The van der Waals surface area contributed by atoms with Crippen molar-refractivity contribution in [3.05, 3.63) is 46.5 Å². The van der Waals surface area contributed by atoms with Gasteiger partial charge in [-0.05, 0) is 63.9 Å². The van der Waals surface area contributed by atoms with Gasteiger partial charge in [0.1, 0.15) is 21.1 Å². The van der Waals surface area contributed by atoms with Crippen LogP contribution < -0.4 is 4.74 Å². The fourth-order valence-corrected chi connectivity index (χ4v) is 4.14. The number of hydrogen-bond donors (Lipinski definition) is 0. The zero-order valence-corrected chi connectivity index (χ0v) is 16.8. The molecule has 2 heterocycles. The number of ether oxygens (including phenoxy) is 2. The molecule has 0 unspecified atom stereocenters. The van der Waals surface area contributed by atoms with Crippen molar-refractivity contribution >= 4 is 27.5 Å². The van der Waals surface area contributed by atoms with E-state index in [2.05, 4.69) is 11.9 Å². The number of esters is 1. The highest BCUT2D eigenvalue weighted by molar-refractivity contribution is 7.21. The zero-order chi connectivity index (χ0) is 19.1. The highest BCUT2D eigenvalue weighted by Crippen LogP contribution is 2.41. The average molecular weight is 369 g/mol. The summed E-state index contributed by atoms with van der Waals surface area (Å²) in [7, 11) is 1.64. The lowest BCUT2D eigenvalue weighted by molar-refractivity contribution is 0.00761. The lowest BCUT2D eigenvalue weighted by atomic mass is 9.99. The van der Waals surface area contributed by atoms with E-state index in [-0.39, 0.29) is 5.97 Å². The van der Waals surface area contributed by atoms with Crippen molar-refractivity contribution in [3.8, 4) is 16.9 Å². The van der Waals surface area contributed by atoms with E-state index in [0.717, 1.165) is 38.4 Å². The number of fused-ring (bicyclic) bond motifs is 1. The van der Waals surface area contributed by atoms with Crippen LogP contribution in [0.15, 0.2) is 30.3 Å². The molecule has 0 N–H and O–H groups in total. The molecule has 0 bridgehead atoms. The van der Waals surface area contributed by atoms with Gasteiger partial charge < -0.3 is 9.47 Å². The second-order valence-corrected chi connectivity index (χ2v) is 8.30. The van der Waals surface area contributed by atoms with Gasteiger partial charge in [0.2, 0.25) is 0 Å². The number of benzene rings is 1. The second-order valence-electron chi connectivity index (χ2n) is 7.30. The summed E-state index contributed by atoms with van der Waals surface area (Å²) in [5.74, 6) is 0.459. The highest BCUT2D eigenvalue weighted by Gasteiger charge is 2.26. The smallest absolute Gasteiger partial charge is 0.349 e. The molecule has 26 heavy (non-hydrogen) atoms. The van der Waals surface area contributed by atoms with Crippen LogP contribution in [0.2, 0.25) is 0 Å². The first kappa shape index (κ1) is 18.4. The molecule has 0 spiro atoms. The summed E-state index contributed by atoms with van der Waals surface area (Å²) >= 11 is 1.39. The molecule has 0 aliphatic rings. The van der Waals surface area contributed by atoms with Gasteiger partial charge in [0.05, 0.1) is 7.11 Å². The standard InChI is InChI=1S/C21H23NO3S/c1-12-11-13(2)22-19-16(12)17(14-7-9-15(24-6)10-8-14)18(26-19)20(23)25-21(3,4)5/h7-11H,1-6H3. The monoisotopic (exact) mass is 369 g/mol. The van der Waals surface area contributed by atoms with Gasteiger partial charge in [-0.1, -0.05) is 12.1 Å². The predicted molar refractivity (Wildman–Crippen MR) is 106 cm³/mol. The van der Waals surface area contributed by atoms with Crippen LogP contribution in [0.25, 0.3) is 21.3 Å². The van der Waals surface area contributed by atoms with Gasteiger partial charge in [-0.25, -0.2) is 9.78 Å². The maximum Gasteiger partial charge on any atom is 0.349 e. The van der Waals surface area contributed by atoms with Gasteiger partial charge in [0.15, 0.2) is 0 Å². The number of pyridine rings is 1. The van der Waals surface area contributed by atoms with Crippen LogP contribution in [0, 0.1) is 13.8 Å². The van der Waals surface area contributed by atoms with Crippen molar-refractivity contribution in [2.75, 3.05) is 7.11 Å². The van der Waals surface area contributed by atoms with Gasteiger partial charge >= 0.3 is 5.97 Å². The van der Waals surface area contributed by atoms with E-state index in [9.17, 15) is 4.79 Å². The topological polar surface area (TPSA) is 48.4 Å². The number of carbonyl (C=O) groups is 1. The van der Waals surface area contributed by atoms with Crippen molar-refractivity contribution in [2.24, 2.45) is 0 Å². The van der Waals surface area contributed by atoms with E-state index in [1.165, 1.54) is 11.3 Å². The molecule has 5 heteroatoms. The van der Waals surface area contributed by atoms with Gasteiger partial charge in [0, 0.05) is 16.6 Å². The number of aromatic nitrogens is 1. The number of aryl methyl sites for hydroxylation is 2. The summed E-state index contributed by atoms with van der Waals surface area (Å²) in [4.78, 5) is 19.0. The third-order valence-electron chi connectivity index (χ3n) is 3.95. The Morgan fingerprint density at radius 1 is 1.12 bits per heavy atom. The van der Waals surface area contributed by atoms with Gasteiger partial charge in [-0.3, -0.25) is 0 Å². The number of hydrogen-bond acceptors (Lipinski definition) is 5. The summed E-state index contributed by atoms with van der Waals surface area (Å²) < 4.78 is 10.9. The molecule has 2 aromatic heterocycles. The number of rotatable bonds is 3. The Labute approximate surface area is 157 Å². The first-order chi connectivity index (χ1) is 12.2. The van der Waals surface area contributed by atoms with E-state index in [1.807, 2.05) is 58.0 Å². The Morgan fingerprint density at radius 2 is 1.77 bits per heavy atom. The Morgan fingerprint density at radius 3 is 2.35 bits per heavy atom. The third kappa shape index (κ3) is 3.58. The number of nitrogens with zero attached hydrogens (tertiary/aromatic N) is 1. The minimum Gasteiger partial charge on any atom is -0.497 e. The molecule has 0 fully saturated rings. The molecule has 0 aliphatic carbocycles. The van der Waals surface area contributed by atoms with Gasteiger partial charge in [-0.15, -0.1) is 11.3 Å². The average Bonchev–Trinajstić information content (AvgIpc) is 2.93. The molecule has 0 amide bonds. The van der Waals surface area contributed by atoms with Crippen LogP contribution in [-0.4, -0.2) is 23.7 Å². The number of methoxy groups -OCH3 is 1. The molecule has 0 aliphatic heterocycles. The maximum absolute atomic E-state index is 12.9. The van der Waals surface area contributed by atoms with Crippen LogP contribution in [0.3, 0.4) is 0 Å². The minimum absolute atomic E-state index is 0.316. The molecule has 3 rings (SSSR count). The van der Waals surface area contributed by atoms with Crippen LogP contribution >= 0.6 is 11.3 Å². The molecule has 0 saturated carbocycles. The van der Waals surface area contributed by atoms with Crippen molar-refractivity contribution in [3.63, 3.8) is 0 Å². The molecular weight excluding hydrogens is 346 g/mol. The summed E-state index contributed by atoms with van der Waals surface area (Å²) in [6.45, 7) is 9.64. The lowest BCUT2D eigenvalue weighted by Crippen LogP contribution is -2.23. The van der Waals surface area contributed by atoms with Crippen molar-refractivity contribution < 1.29 is 14.3 Å². The van der Waals surface area contributed by atoms with E-state index in [0.29, 0.717) is 4.88 Å². The first-order valence-corrected chi connectivity index (χ1v) is 9.30. The maximum atomic E-state index is 12.9. The van der Waals surface area contributed by atoms with Crippen molar-refractivity contribution in [1.29, 1.82) is 0 Å². The van der Waals surface area contributed by atoms with Crippen LogP contribution in [0.1, 0.15) is 41.7 Å². The Bertz CT molecular complexity index is 966. The fourth-order valence-electron chi connectivity index (χ4n) is 2.94. The molecule has 1 aromatic carbocycles. The molecule has 0 radical (unpaired) electrons. The molecule has 3 aromatic rings. The minimum atomic E-state index is -0.553. The van der Waals surface area contributed by atoms with Gasteiger partial charge in [0.25, 0.3) is 0 Å². The number of carbonyl (C=O) groups excluding carboxylic acids is 1. The van der Waals surface area contributed by atoms with Crippen molar-refractivity contribution in [1.82, 2.24) is 4.98 Å². The Hall–Kier alpha value is -2.40. The highest BCUT2D eigenvalue weighted by atomic mass is 32.1. The fraction of sp³-hybridized carbons (Fsp3) is 0.333. The molecule has 4 nitrogen and oxygen atoms in total. The Kier molecular flexibility index (Phi) is 4.76. The summed E-state index contributed by atoms with van der Waals surface area (Å²) in [5.41, 5.74) is 3.32. The molecule has 136 valence electrons. The number of thiophene rings is 1. The van der Waals surface area contributed by atoms with Crippen LogP contribution in [0.5, 0.6) is 5.75 Å². The summed E-state index contributed by atoms with van der Waals surface area (Å²) in [5, 5.41) is 1.01. The first-order valence-electron chi connectivity index (χ1n) is 8.48. The third-order valence-corrected chi connectivity index (χ3v) is 5.01. The summed E-state index contributed by atoms with van der Waals surface area (Å²) in [6, 6.07) is 9.77. The molecular formula is C21H23NO3S. The van der Waals surface area contributed by atoms with E-state index in [1.54, 1.807) is 7.11 Å². The summed E-state index contributed by atoms with van der Waals surface area (Å²) in [6.07, 6.45) is 0. The van der Waals surface area contributed by atoms with Crippen molar-refractivity contribution in [2.45, 2.75) is 40.2 Å². The molecule has 0 atom stereocenters. The van der Waals surface area contributed by atoms with E-state index >= 15 is 0 Å². The van der Waals surface area contributed by atoms with Crippen LogP contribution in [0.4, 0.5) is 0 Å².